The van der Waals surface area contributed by atoms with Crippen LogP contribution in [0.4, 0.5) is 13.2 Å². The number of methoxy groups -OCH3 is 1. The second-order valence-electron chi connectivity index (χ2n) is 5.89. The summed E-state index contributed by atoms with van der Waals surface area (Å²) in [5.41, 5.74) is 0.101. The Morgan fingerprint density at radius 2 is 1.76 bits per heavy atom. The normalized spacial score (nSPS) is 26.6. The molecule has 0 unspecified atom stereocenters. The van der Waals surface area contributed by atoms with Gasteiger partial charge in [0.15, 0.2) is 0 Å². The van der Waals surface area contributed by atoms with E-state index in [1.807, 2.05) is 24.3 Å². The van der Waals surface area contributed by atoms with Crippen LogP contribution in [0.2, 0.25) is 0 Å². The van der Waals surface area contributed by atoms with Gasteiger partial charge in [0.2, 0.25) is 0 Å². The molecule has 0 atom stereocenters. The first-order valence-corrected chi connectivity index (χ1v) is 7.24. The molecule has 1 aliphatic carbocycles. The van der Waals surface area contributed by atoms with E-state index in [0.717, 1.165) is 11.3 Å². The van der Waals surface area contributed by atoms with E-state index < -0.39 is 17.7 Å². The lowest BCUT2D eigenvalue weighted by Gasteiger charge is -2.36. The predicted molar refractivity (Wildman–Crippen MR) is 74.3 cm³/mol. The fourth-order valence-corrected chi connectivity index (χ4v) is 2.90. The van der Waals surface area contributed by atoms with Crippen LogP contribution in [-0.4, -0.2) is 24.0 Å². The molecular formula is C16H21F3O2. The molecule has 1 fully saturated rings. The third-order valence-electron chi connectivity index (χ3n) is 4.42. The van der Waals surface area contributed by atoms with Gasteiger partial charge in [-0.1, -0.05) is 12.1 Å². The second-order valence-corrected chi connectivity index (χ2v) is 5.89. The molecule has 1 N–H and O–H groups in total. The van der Waals surface area contributed by atoms with Crippen LogP contribution in [0.3, 0.4) is 0 Å². The quantitative estimate of drug-likeness (QED) is 0.907. The summed E-state index contributed by atoms with van der Waals surface area (Å²) in [6.07, 6.45) is -2.44. The van der Waals surface area contributed by atoms with Crippen molar-refractivity contribution in [1.82, 2.24) is 0 Å². The number of halogens is 3. The van der Waals surface area contributed by atoms with Crippen LogP contribution in [0.15, 0.2) is 24.3 Å². The van der Waals surface area contributed by atoms with E-state index in [-0.39, 0.29) is 25.7 Å². The highest BCUT2D eigenvalue weighted by Gasteiger charge is 2.44. The van der Waals surface area contributed by atoms with Crippen molar-refractivity contribution in [2.75, 3.05) is 7.11 Å². The van der Waals surface area contributed by atoms with Gasteiger partial charge in [-0.05, 0) is 56.2 Å². The smallest absolute Gasteiger partial charge is 0.391 e. The Morgan fingerprint density at radius 1 is 1.19 bits per heavy atom. The number of rotatable bonds is 4. The number of aryl methyl sites for hydroxylation is 1. The maximum atomic E-state index is 12.6. The summed E-state index contributed by atoms with van der Waals surface area (Å²) in [6.45, 7) is 0. The molecule has 2 rings (SSSR count). The Kier molecular flexibility index (Phi) is 4.81. The van der Waals surface area contributed by atoms with E-state index in [0.29, 0.717) is 12.8 Å². The van der Waals surface area contributed by atoms with Gasteiger partial charge in [-0.15, -0.1) is 0 Å². The van der Waals surface area contributed by atoms with E-state index >= 15 is 0 Å². The minimum atomic E-state index is -4.13. The topological polar surface area (TPSA) is 29.5 Å². The van der Waals surface area contributed by atoms with Crippen LogP contribution in [0.1, 0.15) is 37.7 Å². The second kappa shape index (κ2) is 6.26. The van der Waals surface area contributed by atoms with Crippen LogP contribution >= 0.6 is 0 Å². The number of aliphatic hydroxyl groups is 1. The molecule has 0 amide bonds. The van der Waals surface area contributed by atoms with Crippen LogP contribution in [0.25, 0.3) is 0 Å². The van der Waals surface area contributed by atoms with Crippen molar-refractivity contribution in [2.24, 2.45) is 5.92 Å². The fourth-order valence-electron chi connectivity index (χ4n) is 2.90. The molecule has 21 heavy (non-hydrogen) atoms. The van der Waals surface area contributed by atoms with E-state index in [9.17, 15) is 18.3 Å². The highest BCUT2D eigenvalue weighted by molar-refractivity contribution is 5.27. The van der Waals surface area contributed by atoms with Gasteiger partial charge in [0.25, 0.3) is 0 Å². The zero-order chi connectivity index (χ0) is 15.5. The Labute approximate surface area is 122 Å². The first kappa shape index (κ1) is 16.1. The van der Waals surface area contributed by atoms with Gasteiger partial charge in [-0.2, -0.15) is 13.2 Å². The first-order valence-electron chi connectivity index (χ1n) is 7.24. The fraction of sp³-hybridized carbons (Fsp3) is 0.625. The third kappa shape index (κ3) is 4.37. The minimum absolute atomic E-state index is 0.0304. The minimum Gasteiger partial charge on any atom is -0.497 e. The Hall–Kier alpha value is -1.23. The number of benzene rings is 1. The van der Waals surface area contributed by atoms with Gasteiger partial charge in [0, 0.05) is 0 Å². The number of ether oxygens (including phenoxy) is 1. The molecular weight excluding hydrogens is 281 g/mol. The van der Waals surface area contributed by atoms with E-state index in [2.05, 4.69) is 0 Å². The van der Waals surface area contributed by atoms with E-state index in [1.54, 1.807) is 7.11 Å². The lowest BCUT2D eigenvalue weighted by Crippen LogP contribution is -2.38. The van der Waals surface area contributed by atoms with Gasteiger partial charge < -0.3 is 9.84 Å². The highest BCUT2D eigenvalue weighted by atomic mass is 19.4. The molecule has 0 spiro atoms. The van der Waals surface area contributed by atoms with Gasteiger partial charge >= 0.3 is 6.18 Å². The van der Waals surface area contributed by atoms with Gasteiger partial charge in [0.1, 0.15) is 5.75 Å². The molecule has 0 heterocycles. The summed E-state index contributed by atoms with van der Waals surface area (Å²) in [4.78, 5) is 0. The molecule has 1 aromatic carbocycles. The molecule has 118 valence electrons. The molecule has 1 aromatic rings. The Bertz CT molecular complexity index is 446. The lowest BCUT2D eigenvalue weighted by atomic mass is 9.76. The zero-order valence-electron chi connectivity index (χ0n) is 12.1. The maximum absolute atomic E-state index is 12.6. The van der Waals surface area contributed by atoms with Crippen molar-refractivity contribution in [3.8, 4) is 5.75 Å². The van der Waals surface area contributed by atoms with Gasteiger partial charge in [-0.3, -0.25) is 0 Å². The molecule has 2 nitrogen and oxygen atoms in total. The molecule has 0 aromatic heterocycles. The van der Waals surface area contributed by atoms with Crippen molar-refractivity contribution >= 4 is 0 Å². The van der Waals surface area contributed by atoms with E-state index in [4.69, 9.17) is 4.74 Å². The Balaban J connectivity index is 1.85. The van der Waals surface area contributed by atoms with Crippen molar-refractivity contribution < 1.29 is 23.0 Å². The van der Waals surface area contributed by atoms with Crippen molar-refractivity contribution in [3.63, 3.8) is 0 Å². The number of hydrogen-bond acceptors (Lipinski definition) is 2. The van der Waals surface area contributed by atoms with Gasteiger partial charge in [0.05, 0.1) is 18.6 Å². The molecule has 5 heteroatoms. The average molecular weight is 302 g/mol. The lowest BCUT2D eigenvalue weighted by molar-refractivity contribution is -0.192. The molecule has 0 radical (unpaired) electrons. The molecule has 0 saturated heterocycles. The van der Waals surface area contributed by atoms with Crippen molar-refractivity contribution in [1.29, 1.82) is 0 Å². The monoisotopic (exact) mass is 302 g/mol. The Morgan fingerprint density at radius 3 is 2.24 bits per heavy atom. The zero-order valence-corrected chi connectivity index (χ0v) is 12.1. The third-order valence-corrected chi connectivity index (χ3v) is 4.42. The summed E-state index contributed by atoms with van der Waals surface area (Å²) in [6, 6.07) is 7.53. The molecule has 1 saturated carbocycles. The van der Waals surface area contributed by atoms with Gasteiger partial charge in [-0.25, -0.2) is 0 Å². The summed E-state index contributed by atoms with van der Waals surface area (Å²) in [5, 5.41) is 10.4. The summed E-state index contributed by atoms with van der Waals surface area (Å²) in [7, 11) is 1.59. The summed E-state index contributed by atoms with van der Waals surface area (Å²) >= 11 is 0. The van der Waals surface area contributed by atoms with E-state index in [1.165, 1.54) is 0 Å². The molecule has 0 aliphatic heterocycles. The summed E-state index contributed by atoms with van der Waals surface area (Å²) < 4.78 is 42.9. The average Bonchev–Trinajstić information content (AvgIpc) is 2.45. The number of alkyl halides is 3. The van der Waals surface area contributed by atoms with Crippen LogP contribution in [0, 0.1) is 5.92 Å². The predicted octanol–water partition coefficient (Wildman–Crippen LogP) is 4.11. The largest absolute Gasteiger partial charge is 0.497 e. The van der Waals surface area contributed by atoms with Crippen molar-refractivity contribution in [3.05, 3.63) is 29.8 Å². The van der Waals surface area contributed by atoms with Crippen LogP contribution < -0.4 is 4.74 Å². The summed E-state index contributed by atoms with van der Waals surface area (Å²) in [5.74, 6) is -0.484. The molecule has 1 aliphatic rings. The first-order chi connectivity index (χ1) is 9.82. The standard InChI is InChI=1S/C16H21F3O2/c1-21-14-4-2-12(3-5-14)6-9-15(20)10-7-13(8-11-15)16(17,18)19/h2-5,13,20H,6-11H2,1H3. The van der Waals surface area contributed by atoms with Crippen LogP contribution in [0.5, 0.6) is 5.75 Å². The molecule has 0 bridgehead atoms. The van der Waals surface area contributed by atoms with Crippen LogP contribution in [-0.2, 0) is 6.42 Å². The maximum Gasteiger partial charge on any atom is 0.391 e. The SMILES string of the molecule is COc1ccc(CCC2(O)CCC(C(F)(F)F)CC2)cc1. The van der Waals surface area contributed by atoms with Crippen molar-refractivity contribution in [2.45, 2.75) is 50.3 Å². The highest BCUT2D eigenvalue weighted by Crippen LogP contribution is 2.42. The number of hydrogen-bond donors (Lipinski definition) is 1.